The minimum Gasteiger partial charge on any atom is -0.367 e. The van der Waals surface area contributed by atoms with Crippen LogP contribution in [0.1, 0.15) is 36.8 Å². The SMILES string of the molecule is CC(C)(C)c1noc(N)c1C(N)=O. The molecule has 0 atom stereocenters. The molecule has 0 radical (unpaired) electrons. The van der Waals surface area contributed by atoms with Crippen LogP contribution in [-0.4, -0.2) is 11.1 Å². The Kier molecular flexibility index (Phi) is 2.03. The molecule has 0 bridgehead atoms. The molecule has 13 heavy (non-hydrogen) atoms. The summed E-state index contributed by atoms with van der Waals surface area (Å²) < 4.78 is 4.71. The van der Waals surface area contributed by atoms with Gasteiger partial charge in [0.1, 0.15) is 11.3 Å². The van der Waals surface area contributed by atoms with Crippen molar-refractivity contribution in [2.75, 3.05) is 5.73 Å². The van der Waals surface area contributed by atoms with Crippen molar-refractivity contribution in [3.05, 3.63) is 11.3 Å². The average molecular weight is 183 g/mol. The second kappa shape index (κ2) is 2.76. The van der Waals surface area contributed by atoms with Crippen molar-refractivity contribution in [1.29, 1.82) is 0 Å². The molecule has 0 aromatic carbocycles. The van der Waals surface area contributed by atoms with Crippen LogP contribution in [0.15, 0.2) is 4.52 Å². The van der Waals surface area contributed by atoms with Gasteiger partial charge < -0.3 is 16.0 Å². The number of nitrogen functional groups attached to an aromatic ring is 1. The Bertz CT molecular complexity index is 336. The van der Waals surface area contributed by atoms with E-state index >= 15 is 0 Å². The van der Waals surface area contributed by atoms with Crippen LogP contribution in [-0.2, 0) is 5.41 Å². The number of hydrogen-bond acceptors (Lipinski definition) is 4. The topological polar surface area (TPSA) is 95.1 Å². The van der Waals surface area contributed by atoms with Crippen molar-refractivity contribution in [2.45, 2.75) is 26.2 Å². The summed E-state index contributed by atoms with van der Waals surface area (Å²) in [5, 5.41) is 3.71. The van der Waals surface area contributed by atoms with Gasteiger partial charge in [0, 0.05) is 5.41 Å². The number of hydrogen-bond donors (Lipinski definition) is 2. The van der Waals surface area contributed by atoms with Crippen molar-refractivity contribution < 1.29 is 9.32 Å². The molecule has 1 heterocycles. The Morgan fingerprint density at radius 3 is 2.31 bits per heavy atom. The lowest BCUT2D eigenvalue weighted by atomic mass is 9.89. The van der Waals surface area contributed by atoms with E-state index in [4.69, 9.17) is 16.0 Å². The third-order valence-electron chi connectivity index (χ3n) is 1.68. The number of amides is 1. The van der Waals surface area contributed by atoms with Gasteiger partial charge in [-0.15, -0.1) is 0 Å². The molecule has 5 nitrogen and oxygen atoms in total. The van der Waals surface area contributed by atoms with Crippen molar-refractivity contribution in [2.24, 2.45) is 5.73 Å². The van der Waals surface area contributed by atoms with Crippen LogP contribution < -0.4 is 11.5 Å². The van der Waals surface area contributed by atoms with Crippen LogP contribution in [0.2, 0.25) is 0 Å². The molecule has 0 aliphatic rings. The van der Waals surface area contributed by atoms with Gasteiger partial charge in [-0.25, -0.2) is 0 Å². The number of nitrogens with zero attached hydrogens (tertiary/aromatic N) is 1. The summed E-state index contributed by atoms with van der Waals surface area (Å²) in [6.07, 6.45) is 0. The molecule has 0 saturated heterocycles. The smallest absolute Gasteiger partial charge is 0.256 e. The van der Waals surface area contributed by atoms with E-state index in [-0.39, 0.29) is 16.9 Å². The van der Waals surface area contributed by atoms with Crippen LogP contribution in [0.25, 0.3) is 0 Å². The number of carbonyl (C=O) groups is 1. The lowest BCUT2D eigenvalue weighted by Crippen LogP contribution is -2.21. The Balaban J connectivity index is 3.31. The van der Waals surface area contributed by atoms with E-state index in [1.807, 2.05) is 20.8 Å². The third-order valence-corrected chi connectivity index (χ3v) is 1.68. The average Bonchev–Trinajstić information content (AvgIpc) is 2.28. The van der Waals surface area contributed by atoms with Gasteiger partial charge in [0.2, 0.25) is 5.88 Å². The molecular weight excluding hydrogens is 170 g/mol. The van der Waals surface area contributed by atoms with Gasteiger partial charge in [-0.05, 0) is 0 Å². The second-order valence-corrected chi connectivity index (χ2v) is 3.88. The Morgan fingerprint density at radius 1 is 1.46 bits per heavy atom. The monoisotopic (exact) mass is 183 g/mol. The van der Waals surface area contributed by atoms with E-state index in [1.54, 1.807) is 0 Å². The van der Waals surface area contributed by atoms with E-state index in [9.17, 15) is 4.79 Å². The zero-order valence-electron chi connectivity index (χ0n) is 7.92. The number of nitrogens with two attached hydrogens (primary N) is 2. The lowest BCUT2D eigenvalue weighted by molar-refractivity contribution is 0.0999. The molecule has 0 aliphatic heterocycles. The molecular formula is C8H13N3O2. The van der Waals surface area contributed by atoms with Crippen molar-refractivity contribution in [3.8, 4) is 0 Å². The van der Waals surface area contributed by atoms with Crippen LogP contribution >= 0.6 is 0 Å². The fourth-order valence-electron chi connectivity index (χ4n) is 1.05. The highest BCUT2D eigenvalue weighted by molar-refractivity contribution is 5.98. The van der Waals surface area contributed by atoms with Crippen molar-refractivity contribution >= 4 is 11.8 Å². The first-order valence-corrected chi connectivity index (χ1v) is 3.89. The third kappa shape index (κ3) is 1.63. The molecule has 0 fully saturated rings. The maximum atomic E-state index is 11.0. The summed E-state index contributed by atoms with van der Waals surface area (Å²) in [5.74, 6) is -0.624. The summed E-state index contributed by atoms with van der Waals surface area (Å²) in [6.45, 7) is 5.70. The van der Waals surface area contributed by atoms with Gasteiger partial charge in [0.05, 0.1) is 0 Å². The molecule has 0 unspecified atom stereocenters. The lowest BCUT2D eigenvalue weighted by Gasteiger charge is -2.14. The summed E-state index contributed by atoms with van der Waals surface area (Å²) in [5.41, 5.74) is 10.9. The maximum Gasteiger partial charge on any atom is 0.256 e. The quantitative estimate of drug-likeness (QED) is 0.668. The molecule has 1 amide bonds. The number of carbonyl (C=O) groups excluding carboxylic acids is 1. The summed E-state index contributed by atoms with van der Waals surface area (Å²) in [7, 11) is 0. The standard InChI is InChI=1S/C8H13N3O2/c1-8(2,3)5-4(6(9)12)7(10)13-11-5/h10H2,1-3H3,(H2,9,12). The van der Waals surface area contributed by atoms with Gasteiger partial charge >= 0.3 is 0 Å². The largest absolute Gasteiger partial charge is 0.367 e. The molecule has 72 valence electrons. The first-order chi connectivity index (χ1) is 5.84. The second-order valence-electron chi connectivity index (χ2n) is 3.88. The predicted octanol–water partition coefficient (Wildman–Crippen LogP) is 0.653. The first kappa shape index (κ1) is 9.57. The minimum atomic E-state index is -0.608. The van der Waals surface area contributed by atoms with E-state index in [1.165, 1.54) is 0 Å². The maximum absolute atomic E-state index is 11.0. The fraction of sp³-hybridized carbons (Fsp3) is 0.500. The van der Waals surface area contributed by atoms with Crippen molar-refractivity contribution in [3.63, 3.8) is 0 Å². The molecule has 1 rings (SSSR count). The van der Waals surface area contributed by atoms with E-state index in [2.05, 4.69) is 5.16 Å². The highest BCUT2D eigenvalue weighted by atomic mass is 16.5. The Labute approximate surface area is 76.1 Å². The normalized spacial score (nSPS) is 11.6. The number of rotatable bonds is 1. The highest BCUT2D eigenvalue weighted by Crippen LogP contribution is 2.27. The van der Waals surface area contributed by atoms with Gasteiger partial charge in [-0.1, -0.05) is 25.9 Å². The van der Waals surface area contributed by atoms with Crippen molar-refractivity contribution in [1.82, 2.24) is 5.16 Å². The molecule has 0 spiro atoms. The molecule has 0 aliphatic carbocycles. The Hall–Kier alpha value is -1.52. The van der Waals surface area contributed by atoms with Crippen LogP contribution in [0.3, 0.4) is 0 Å². The summed E-state index contributed by atoms with van der Waals surface area (Å²) in [6, 6.07) is 0. The minimum absolute atomic E-state index is 0.0163. The van der Waals surface area contributed by atoms with E-state index in [0.29, 0.717) is 5.69 Å². The van der Waals surface area contributed by atoms with Crippen LogP contribution in [0.4, 0.5) is 5.88 Å². The van der Waals surface area contributed by atoms with E-state index in [0.717, 1.165) is 0 Å². The van der Waals surface area contributed by atoms with Crippen LogP contribution in [0, 0.1) is 0 Å². The van der Waals surface area contributed by atoms with Gasteiger partial charge in [0.25, 0.3) is 5.91 Å². The predicted molar refractivity (Wildman–Crippen MR) is 48.1 cm³/mol. The number of anilines is 1. The number of aromatic nitrogens is 1. The van der Waals surface area contributed by atoms with Gasteiger partial charge in [-0.3, -0.25) is 4.79 Å². The zero-order chi connectivity index (χ0) is 10.2. The molecule has 1 aromatic heterocycles. The van der Waals surface area contributed by atoms with Crippen LogP contribution in [0.5, 0.6) is 0 Å². The zero-order valence-corrected chi connectivity index (χ0v) is 7.92. The summed E-state index contributed by atoms with van der Waals surface area (Å²) >= 11 is 0. The highest BCUT2D eigenvalue weighted by Gasteiger charge is 2.27. The number of primary amides is 1. The molecule has 4 N–H and O–H groups in total. The van der Waals surface area contributed by atoms with E-state index < -0.39 is 5.91 Å². The Morgan fingerprint density at radius 2 is 2.00 bits per heavy atom. The molecule has 0 saturated carbocycles. The first-order valence-electron chi connectivity index (χ1n) is 3.89. The molecule has 5 heteroatoms. The summed E-state index contributed by atoms with van der Waals surface area (Å²) in [4.78, 5) is 11.0. The van der Waals surface area contributed by atoms with Gasteiger partial charge in [0.15, 0.2) is 0 Å². The molecule has 1 aromatic rings. The fourth-order valence-corrected chi connectivity index (χ4v) is 1.05. The van der Waals surface area contributed by atoms with Gasteiger partial charge in [-0.2, -0.15) is 0 Å².